The van der Waals surface area contributed by atoms with Crippen LogP contribution >= 0.6 is 0 Å². The van der Waals surface area contributed by atoms with E-state index < -0.39 is 0 Å². The van der Waals surface area contributed by atoms with Crippen LogP contribution in [0, 0.1) is 0 Å². The Kier molecular flexibility index (Phi) is 2.95. The van der Waals surface area contributed by atoms with Crippen LogP contribution in [0.3, 0.4) is 0 Å². The van der Waals surface area contributed by atoms with Gasteiger partial charge in [-0.2, -0.15) is 0 Å². The fourth-order valence-electron chi connectivity index (χ4n) is 1.35. The largest absolute Gasteiger partial charge is 0.302 e. The molecule has 16 heavy (non-hydrogen) atoms. The van der Waals surface area contributed by atoms with E-state index in [4.69, 9.17) is 4.52 Å². The summed E-state index contributed by atoms with van der Waals surface area (Å²) in [4.78, 5) is 10.8. The maximum atomic E-state index is 10.8. The lowest BCUT2D eigenvalue weighted by molar-refractivity contribution is -0.754. The summed E-state index contributed by atoms with van der Waals surface area (Å²) in [6.07, 6.45) is 1.65. The van der Waals surface area contributed by atoms with Gasteiger partial charge in [0.2, 0.25) is 17.7 Å². The highest BCUT2D eigenvalue weighted by Gasteiger charge is 2.12. The average molecular weight is 218 g/mol. The van der Waals surface area contributed by atoms with Crippen LogP contribution in [0.4, 0.5) is 5.88 Å². The number of benzene rings is 1. The fourth-order valence-corrected chi connectivity index (χ4v) is 1.35. The highest BCUT2D eigenvalue weighted by atomic mass is 16.5. The summed E-state index contributed by atoms with van der Waals surface area (Å²) in [5.41, 5.74) is 1.12. The van der Waals surface area contributed by atoms with Crippen LogP contribution < -0.4 is 10.00 Å². The molecule has 2 aromatic rings. The summed E-state index contributed by atoms with van der Waals surface area (Å²) in [5, 5.41) is 6.31. The van der Waals surface area contributed by atoms with Crippen LogP contribution in [0.1, 0.15) is 12.5 Å². The molecule has 1 N–H and O–H groups in total. The molecule has 0 aliphatic carbocycles. The molecule has 1 amide bonds. The summed E-state index contributed by atoms with van der Waals surface area (Å²) in [7, 11) is 0. The number of nitrogens with one attached hydrogen (secondary N) is 1. The first-order valence-corrected chi connectivity index (χ1v) is 4.92. The lowest BCUT2D eigenvalue weighted by Crippen LogP contribution is -2.35. The van der Waals surface area contributed by atoms with Gasteiger partial charge in [-0.1, -0.05) is 30.3 Å². The Balaban J connectivity index is 2.06. The molecule has 5 nitrogen and oxygen atoms in total. The smallest absolute Gasteiger partial charge is 0.289 e. The normalized spacial score (nSPS) is 10.1. The maximum absolute atomic E-state index is 10.8. The van der Waals surface area contributed by atoms with E-state index in [0.717, 1.165) is 5.56 Å². The van der Waals surface area contributed by atoms with Crippen molar-refractivity contribution in [3.05, 3.63) is 42.1 Å². The molecule has 2 rings (SSSR count). The minimum Gasteiger partial charge on any atom is -0.289 e. The number of hydrogen-bond donors (Lipinski definition) is 1. The van der Waals surface area contributed by atoms with Crippen molar-refractivity contribution in [1.82, 2.24) is 5.27 Å². The summed E-state index contributed by atoms with van der Waals surface area (Å²) >= 11 is 0. The van der Waals surface area contributed by atoms with Crippen LogP contribution in [0.2, 0.25) is 0 Å². The molecule has 1 aromatic heterocycles. The molecular weight excluding hydrogens is 206 g/mol. The molecule has 82 valence electrons. The monoisotopic (exact) mass is 218 g/mol. The minimum atomic E-state index is -0.178. The van der Waals surface area contributed by atoms with Crippen LogP contribution in [-0.2, 0) is 11.3 Å². The third kappa shape index (κ3) is 2.66. The van der Waals surface area contributed by atoms with E-state index in [2.05, 4.69) is 10.6 Å². The molecule has 0 radical (unpaired) electrons. The van der Waals surface area contributed by atoms with Gasteiger partial charge in [0.15, 0.2) is 0 Å². The Morgan fingerprint density at radius 2 is 2.19 bits per heavy atom. The molecule has 5 heteroatoms. The van der Waals surface area contributed by atoms with Crippen LogP contribution in [0.15, 0.2) is 41.1 Å². The Hall–Kier alpha value is -2.17. The quantitative estimate of drug-likeness (QED) is 0.781. The Morgan fingerprint density at radius 3 is 2.88 bits per heavy atom. The third-order valence-electron chi connectivity index (χ3n) is 2.00. The maximum Gasteiger partial charge on any atom is 0.302 e. The summed E-state index contributed by atoms with van der Waals surface area (Å²) in [6.45, 7) is 2.04. The van der Waals surface area contributed by atoms with Crippen LogP contribution in [0.5, 0.6) is 0 Å². The van der Waals surface area contributed by atoms with Gasteiger partial charge in [0.1, 0.15) is 0 Å². The second-order valence-electron chi connectivity index (χ2n) is 3.43. The van der Waals surface area contributed by atoms with E-state index in [1.807, 2.05) is 30.3 Å². The molecule has 0 atom stereocenters. The van der Waals surface area contributed by atoms with Crippen LogP contribution in [0.25, 0.3) is 0 Å². The molecule has 0 saturated carbocycles. The average Bonchev–Trinajstić information content (AvgIpc) is 2.66. The molecule has 0 aliphatic rings. The molecule has 0 saturated heterocycles. The Bertz CT molecular complexity index is 479. The molecule has 0 aliphatic heterocycles. The number of carbonyl (C=O) groups excluding carboxylic acids is 1. The third-order valence-corrected chi connectivity index (χ3v) is 2.00. The van der Waals surface area contributed by atoms with E-state index in [9.17, 15) is 4.79 Å². The molecule has 0 fully saturated rings. The number of hydrogen-bond acceptors (Lipinski definition) is 3. The van der Waals surface area contributed by atoms with E-state index >= 15 is 0 Å². The predicted octanol–water partition coefficient (Wildman–Crippen LogP) is 0.969. The van der Waals surface area contributed by atoms with Gasteiger partial charge >= 0.3 is 5.88 Å². The first-order valence-electron chi connectivity index (χ1n) is 4.92. The topological polar surface area (TPSA) is 59.0 Å². The number of carbonyl (C=O) groups is 1. The summed E-state index contributed by atoms with van der Waals surface area (Å²) in [6, 6.07) is 9.88. The highest BCUT2D eigenvalue weighted by molar-refractivity contribution is 5.86. The predicted molar refractivity (Wildman–Crippen MR) is 56.5 cm³/mol. The SMILES string of the molecule is CC(=O)Nc1c[n+](Cc2ccccc2)no1. The Labute approximate surface area is 92.7 Å². The van der Waals surface area contributed by atoms with Gasteiger partial charge in [-0.25, -0.2) is 0 Å². The van der Waals surface area contributed by atoms with Crippen molar-refractivity contribution in [1.29, 1.82) is 0 Å². The molecule has 0 bridgehead atoms. The van der Waals surface area contributed by atoms with Crippen LogP contribution in [-0.4, -0.2) is 11.2 Å². The van der Waals surface area contributed by atoms with Gasteiger partial charge in [-0.3, -0.25) is 14.6 Å². The fraction of sp³-hybridized carbons (Fsp3) is 0.182. The zero-order chi connectivity index (χ0) is 11.4. The zero-order valence-corrected chi connectivity index (χ0v) is 8.88. The zero-order valence-electron chi connectivity index (χ0n) is 8.88. The van der Waals surface area contributed by atoms with Gasteiger partial charge in [0.05, 0.1) is 0 Å². The number of aromatic nitrogens is 2. The van der Waals surface area contributed by atoms with Crippen molar-refractivity contribution in [3.8, 4) is 0 Å². The van der Waals surface area contributed by atoms with Gasteiger partial charge in [0.25, 0.3) is 6.20 Å². The van der Waals surface area contributed by atoms with Crippen molar-refractivity contribution in [3.63, 3.8) is 0 Å². The molecule has 1 aromatic carbocycles. The minimum absolute atomic E-state index is 0.178. The van der Waals surface area contributed by atoms with E-state index in [1.165, 1.54) is 6.92 Å². The van der Waals surface area contributed by atoms with Gasteiger partial charge in [-0.15, -0.1) is 0 Å². The van der Waals surface area contributed by atoms with E-state index in [1.54, 1.807) is 10.9 Å². The van der Waals surface area contributed by atoms with Crippen molar-refractivity contribution in [2.45, 2.75) is 13.5 Å². The number of amides is 1. The number of rotatable bonds is 3. The standard InChI is InChI=1S/C11H11N3O2/c1-9(15)12-11-8-14(13-16-11)7-10-5-3-2-4-6-10/h2-6,8H,7H2,1H3/p+1. The van der Waals surface area contributed by atoms with Gasteiger partial charge in [0, 0.05) is 12.5 Å². The molecule has 1 heterocycles. The Morgan fingerprint density at radius 1 is 1.44 bits per heavy atom. The molecule has 0 spiro atoms. The van der Waals surface area contributed by atoms with Gasteiger partial charge < -0.3 is 0 Å². The van der Waals surface area contributed by atoms with Crippen molar-refractivity contribution < 1.29 is 14.0 Å². The molecule has 0 unspecified atom stereocenters. The number of anilines is 1. The first kappa shape index (κ1) is 10.4. The first-order chi connectivity index (χ1) is 7.74. The second kappa shape index (κ2) is 4.57. The highest BCUT2D eigenvalue weighted by Crippen LogP contribution is 2.01. The summed E-state index contributed by atoms with van der Waals surface area (Å²) < 4.78 is 6.55. The van der Waals surface area contributed by atoms with Crippen molar-refractivity contribution in [2.24, 2.45) is 0 Å². The van der Waals surface area contributed by atoms with E-state index in [-0.39, 0.29) is 5.91 Å². The van der Waals surface area contributed by atoms with E-state index in [0.29, 0.717) is 12.4 Å². The lowest BCUT2D eigenvalue weighted by Gasteiger charge is -1.90. The van der Waals surface area contributed by atoms with Crippen molar-refractivity contribution in [2.75, 3.05) is 5.32 Å². The molecular formula is C11H12N3O2+. The second-order valence-corrected chi connectivity index (χ2v) is 3.43. The summed E-state index contributed by atoms with van der Waals surface area (Å²) in [5.74, 6) is 0.173. The van der Waals surface area contributed by atoms with Gasteiger partial charge in [-0.05, 0) is 4.68 Å². The lowest BCUT2D eigenvalue weighted by atomic mass is 10.2. The number of nitrogens with zero attached hydrogens (tertiary/aromatic N) is 2. The van der Waals surface area contributed by atoms with Crippen molar-refractivity contribution >= 4 is 11.8 Å².